The maximum atomic E-state index is 13.2. The van der Waals surface area contributed by atoms with Crippen LogP contribution in [-0.4, -0.2) is 9.78 Å². The molecule has 7 heteroatoms. The number of nitrogens with zero attached hydrogens (tertiary/aromatic N) is 2. The van der Waals surface area contributed by atoms with Crippen molar-refractivity contribution in [1.82, 2.24) is 15.2 Å². The highest BCUT2D eigenvalue weighted by atomic mass is 127. The Balaban J connectivity index is 2.35. The minimum atomic E-state index is -0.258. The highest BCUT2D eigenvalue weighted by molar-refractivity contribution is 14.1. The summed E-state index contributed by atoms with van der Waals surface area (Å²) in [4.78, 5) is 0. The summed E-state index contributed by atoms with van der Waals surface area (Å²) in [6, 6.07) is 4.52. The first-order valence-corrected chi connectivity index (χ1v) is 8.06. The van der Waals surface area contributed by atoms with E-state index in [4.69, 9.17) is 17.4 Å². The van der Waals surface area contributed by atoms with Crippen LogP contribution in [0.4, 0.5) is 4.39 Å². The average molecular weight is 423 g/mol. The molecule has 0 amide bonds. The van der Waals surface area contributed by atoms with Crippen LogP contribution in [0.25, 0.3) is 0 Å². The molecule has 1 atom stereocenters. The Bertz CT molecular complexity index is 644. The molecule has 0 saturated heterocycles. The van der Waals surface area contributed by atoms with Gasteiger partial charge in [0.25, 0.3) is 0 Å². The Labute approximate surface area is 142 Å². The van der Waals surface area contributed by atoms with Crippen molar-refractivity contribution < 1.29 is 4.39 Å². The van der Waals surface area contributed by atoms with Gasteiger partial charge in [-0.2, -0.15) is 5.10 Å². The lowest BCUT2D eigenvalue weighted by molar-refractivity contribution is 0.514. The number of hydrogen-bond acceptors (Lipinski definition) is 3. The molecule has 1 unspecified atom stereocenters. The van der Waals surface area contributed by atoms with Crippen molar-refractivity contribution in [3.05, 3.63) is 49.6 Å². The standard InChI is InChI=1S/C14H17ClFIN4/c1-3-21-13(14(15)8(2)20-21)7-12(19-18)10-5-4-9(16)6-11(10)17/h4-6,12,19H,3,7,18H2,1-2H3. The van der Waals surface area contributed by atoms with Gasteiger partial charge in [0, 0.05) is 16.5 Å². The van der Waals surface area contributed by atoms with E-state index in [0.29, 0.717) is 11.4 Å². The number of hydrogen-bond donors (Lipinski definition) is 2. The molecular weight excluding hydrogens is 406 g/mol. The van der Waals surface area contributed by atoms with Gasteiger partial charge in [-0.05, 0) is 54.1 Å². The third-order valence-corrected chi connectivity index (χ3v) is 4.82. The number of hydrazine groups is 1. The number of halogens is 3. The zero-order valence-corrected chi connectivity index (χ0v) is 14.7. The van der Waals surface area contributed by atoms with Crippen molar-refractivity contribution in [2.75, 3.05) is 0 Å². The quantitative estimate of drug-likeness (QED) is 0.441. The molecule has 0 aliphatic carbocycles. The second-order valence-electron chi connectivity index (χ2n) is 4.75. The lowest BCUT2D eigenvalue weighted by Gasteiger charge is -2.18. The van der Waals surface area contributed by atoms with Crippen molar-refractivity contribution >= 4 is 34.2 Å². The Morgan fingerprint density at radius 3 is 2.81 bits per heavy atom. The van der Waals surface area contributed by atoms with E-state index in [1.165, 1.54) is 12.1 Å². The first-order chi connectivity index (χ1) is 9.97. The predicted molar refractivity (Wildman–Crippen MR) is 90.5 cm³/mol. The van der Waals surface area contributed by atoms with Crippen LogP contribution in [0, 0.1) is 16.3 Å². The first kappa shape index (κ1) is 16.7. The minimum Gasteiger partial charge on any atom is -0.271 e. The van der Waals surface area contributed by atoms with Crippen LogP contribution in [0.2, 0.25) is 5.02 Å². The summed E-state index contributed by atoms with van der Waals surface area (Å²) >= 11 is 8.44. The fourth-order valence-corrected chi connectivity index (χ4v) is 3.37. The molecule has 21 heavy (non-hydrogen) atoms. The van der Waals surface area contributed by atoms with Gasteiger partial charge in [-0.1, -0.05) is 17.7 Å². The van der Waals surface area contributed by atoms with E-state index in [9.17, 15) is 4.39 Å². The van der Waals surface area contributed by atoms with Gasteiger partial charge >= 0.3 is 0 Å². The monoisotopic (exact) mass is 422 g/mol. The van der Waals surface area contributed by atoms with Gasteiger partial charge < -0.3 is 0 Å². The largest absolute Gasteiger partial charge is 0.271 e. The normalized spacial score (nSPS) is 12.7. The number of rotatable bonds is 5. The number of aromatic nitrogens is 2. The number of nitrogens with two attached hydrogens (primary N) is 1. The summed E-state index contributed by atoms with van der Waals surface area (Å²) in [6.07, 6.45) is 0.589. The van der Waals surface area contributed by atoms with Gasteiger partial charge in [0.05, 0.1) is 22.5 Å². The van der Waals surface area contributed by atoms with E-state index < -0.39 is 0 Å². The van der Waals surface area contributed by atoms with E-state index in [0.717, 1.165) is 27.1 Å². The third kappa shape index (κ3) is 3.56. The van der Waals surface area contributed by atoms with E-state index in [1.54, 1.807) is 6.07 Å². The van der Waals surface area contributed by atoms with Gasteiger partial charge in [0.2, 0.25) is 0 Å². The van der Waals surface area contributed by atoms with Crippen LogP contribution >= 0.6 is 34.2 Å². The van der Waals surface area contributed by atoms with Crippen LogP contribution in [0.15, 0.2) is 18.2 Å². The molecule has 114 valence electrons. The summed E-state index contributed by atoms with van der Waals surface area (Å²) in [6.45, 7) is 4.63. The SMILES string of the molecule is CCn1nc(C)c(Cl)c1CC(NN)c1ccc(F)cc1I. The molecule has 0 aliphatic rings. The summed E-state index contributed by atoms with van der Waals surface area (Å²) < 4.78 is 15.9. The lowest BCUT2D eigenvalue weighted by atomic mass is 10.0. The first-order valence-electron chi connectivity index (χ1n) is 6.60. The summed E-state index contributed by atoms with van der Waals surface area (Å²) in [5.74, 6) is 5.43. The fourth-order valence-electron chi connectivity index (χ4n) is 2.30. The number of benzene rings is 1. The fraction of sp³-hybridized carbons (Fsp3) is 0.357. The van der Waals surface area contributed by atoms with Crippen molar-refractivity contribution in [3.63, 3.8) is 0 Å². The smallest absolute Gasteiger partial charge is 0.124 e. The van der Waals surface area contributed by atoms with E-state index >= 15 is 0 Å². The van der Waals surface area contributed by atoms with Crippen molar-refractivity contribution in [2.24, 2.45) is 5.84 Å². The van der Waals surface area contributed by atoms with Gasteiger partial charge in [0.1, 0.15) is 5.82 Å². The van der Waals surface area contributed by atoms with Crippen LogP contribution in [-0.2, 0) is 13.0 Å². The van der Waals surface area contributed by atoms with E-state index in [1.807, 2.05) is 18.5 Å². The molecule has 0 aliphatic heterocycles. The summed E-state index contributed by atoms with van der Waals surface area (Å²) in [7, 11) is 0. The van der Waals surface area contributed by atoms with Crippen LogP contribution in [0.5, 0.6) is 0 Å². The Hall–Kier alpha value is -0.700. The Morgan fingerprint density at radius 2 is 2.24 bits per heavy atom. The second kappa shape index (κ2) is 7.04. The maximum absolute atomic E-state index is 13.2. The molecule has 3 N–H and O–H groups in total. The molecule has 2 rings (SSSR count). The molecule has 0 radical (unpaired) electrons. The highest BCUT2D eigenvalue weighted by Gasteiger charge is 2.20. The van der Waals surface area contributed by atoms with Gasteiger partial charge in [-0.25, -0.2) is 4.39 Å². The molecule has 0 fully saturated rings. The Kier molecular flexibility index (Phi) is 5.59. The van der Waals surface area contributed by atoms with Crippen molar-refractivity contribution in [1.29, 1.82) is 0 Å². The summed E-state index contributed by atoms with van der Waals surface area (Å²) in [5.41, 5.74) is 5.46. The molecular formula is C14H17ClFIN4. The van der Waals surface area contributed by atoms with Crippen molar-refractivity contribution in [3.8, 4) is 0 Å². The van der Waals surface area contributed by atoms with Crippen LogP contribution in [0.1, 0.15) is 29.9 Å². The topological polar surface area (TPSA) is 55.9 Å². The number of nitrogens with one attached hydrogen (secondary N) is 1. The van der Waals surface area contributed by atoms with E-state index in [2.05, 4.69) is 33.1 Å². The van der Waals surface area contributed by atoms with Crippen molar-refractivity contribution in [2.45, 2.75) is 32.9 Å². The average Bonchev–Trinajstić information content (AvgIpc) is 2.72. The van der Waals surface area contributed by atoms with Gasteiger partial charge in [0.15, 0.2) is 0 Å². The molecule has 1 heterocycles. The molecule has 0 saturated carbocycles. The number of aryl methyl sites for hydroxylation is 2. The minimum absolute atomic E-state index is 0.156. The molecule has 0 bridgehead atoms. The summed E-state index contributed by atoms with van der Waals surface area (Å²) in [5, 5.41) is 5.06. The predicted octanol–water partition coefficient (Wildman–Crippen LogP) is 3.36. The van der Waals surface area contributed by atoms with Gasteiger partial charge in [-0.3, -0.25) is 16.0 Å². The van der Waals surface area contributed by atoms with Crippen LogP contribution in [0.3, 0.4) is 0 Å². The Morgan fingerprint density at radius 1 is 1.52 bits per heavy atom. The molecule has 0 spiro atoms. The maximum Gasteiger partial charge on any atom is 0.124 e. The highest BCUT2D eigenvalue weighted by Crippen LogP contribution is 2.28. The molecule has 1 aromatic heterocycles. The molecule has 1 aromatic carbocycles. The zero-order chi connectivity index (χ0) is 15.6. The zero-order valence-electron chi connectivity index (χ0n) is 11.8. The second-order valence-corrected chi connectivity index (χ2v) is 6.29. The molecule has 4 nitrogen and oxygen atoms in total. The molecule has 2 aromatic rings. The third-order valence-electron chi connectivity index (χ3n) is 3.39. The van der Waals surface area contributed by atoms with Gasteiger partial charge in [-0.15, -0.1) is 0 Å². The van der Waals surface area contributed by atoms with E-state index in [-0.39, 0.29) is 11.9 Å². The van der Waals surface area contributed by atoms with Crippen LogP contribution < -0.4 is 11.3 Å². The lowest BCUT2D eigenvalue weighted by Crippen LogP contribution is -2.31.